The summed E-state index contributed by atoms with van der Waals surface area (Å²) in [6, 6.07) is 0. The van der Waals surface area contributed by atoms with Crippen molar-refractivity contribution in [3.63, 3.8) is 0 Å². The van der Waals surface area contributed by atoms with Crippen molar-refractivity contribution in [1.29, 1.82) is 0 Å². The lowest BCUT2D eigenvalue weighted by atomic mass is 10.1. The first kappa shape index (κ1) is 24.5. The number of H-pyrrole nitrogens is 1. The Morgan fingerprint density at radius 2 is 1.91 bits per heavy atom. The van der Waals surface area contributed by atoms with Gasteiger partial charge in [-0.15, -0.1) is 0 Å². The molecule has 4 rings (SSSR count). The van der Waals surface area contributed by atoms with Crippen molar-refractivity contribution >= 4 is 40.3 Å². The Morgan fingerprint density at radius 3 is 2.61 bits per heavy atom. The van der Waals surface area contributed by atoms with Crippen molar-refractivity contribution < 1.29 is 65.9 Å². The largest absolute Gasteiger partial charge is 0.756 e. The predicted molar refractivity (Wildman–Crippen MR) is 98.6 cm³/mol. The molecule has 1 aliphatic heterocycles. The Labute approximate surface area is 182 Å². The van der Waals surface area contributed by atoms with Crippen LogP contribution in [0.5, 0.6) is 0 Å². The van der Waals surface area contributed by atoms with Crippen LogP contribution in [-0.4, -0.2) is 69.2 Å². The van der Waals surface area contributed by atoms with Crippen molar-refractivity contribution in [2.24, 2.45) is 0 Å². The number of phosphoric ester groups is 1. The number of aliphatic hydroxyl groups excluding tert-OH is 2. The zero-order valence-electron chi connectivity index (χ0n) is 16.0. The average molecular weight is 531 g/mol. The molecule has 1 aliphatic rings. The average Bonchev–Trinajstić information content (AvgIpc) is 3.35. The number of imidazole rings is 2. The van der Waals surface area contributed by atoms with E-state index in [-0.39, 0.29) is 0 Å². The third-order valence-corrected chi connectivity index (χ3v) is 8.20. The van der Waals surface area contributed by atoms with Gasteiger partial charge in [0.1, 0.15) is 18.3 Å². The van der Waals surface area contributed by atoms with Crippen molar-refractivity contribution in [3.05, 3.63) is 25.0 Å². The number of hydrogen-bond donors (Lipinski definition) is 6. The number of fused-ring (bicyclic) bond motifs is 3. The molecule has 6 N–H and O–H groups in total. The van der Waals surface area contributed by atoms with E-state index < -0.39 is 54.6 Å². The highest BCUT2D eigenvalue weighted by atomic mass is 31.3. The second kappa shape index (κ2) is 8.55. The van der Waals surface area contributed by atoms with E-state index in [0.29, 0.717) is 16.8 Å². The number of phosphoric acid groups is 3. The van der Waals surface area contributed by atoms with Gasteiger partial charge in [-0.1, -0.05) is 4.98 Å². The van der Waals surface area contributed by atoms with Crippen LogP contribution in [0.4, 0.5) is 0 Å². The van der Waals surface area contributed by atoms with Crippen molar-refractivity contribution in [3.8, 4) is 0 Å². The second-order valence-corrected chi connectivity index (χ2v) is 11.1. The molecule has 0 radical (unpaired) electrons. The molecular weight excluding hydrogens is 515 g/mol. The number of aliphatic hydroxyl groups is 2. The Balaban J connectivity index is 1.47. The molecule has 1 fully saturated rings. The van der Waals surface area contributed by atoms with Gasteiger partial charge in [0.15, 0.2) is 18.3 Å². The van der Waals surface area contributed by atoms with Crippen molar-refractivity contribution in [2.45, 2.75) is 24.5 Å². The SMILES string of the molecule is O=P(O)(O)OP(=O)(O)OP(=O)([O-])OCC1OC([n+]2c[nH]c3c4nccn4cnc32)C(O)C1O. The van der Waals surface area contributed by atoms with E-state index in [9.17, 15) is 28.8 Å². The molecule has 3 aromatic heterocycles. The molecule has 0 aliphatic carbocycles. The zero-order chi connectivity index (χ0) is 24.2. The second-order valence-electron chi connectivity index (χ2n) is 6.69. The van der Waals surface area contributed by atoms with Crippen molar-refractivity contribution in [1.82, 2.24) is 19.4 Å². The molecule has 3 aromatic rings. The van der Waals surface area contributed by atoms with Crippen LogP contribution < -0.4 is 9.46 Å². The Bertz CT molecular complexity index is 1320. The van der Waals surface area contributed by atoms with Gasteiger partial charge in [0.25, 0.3) is 7.82 Å². The summed E-state index contributed by atoms with van der Waals surface area (Å²) in [5, 5.41) is 20.6. The lowest BCUT2D eigenvalue weighted by molar-refractivity contribution is -0.745. The maximum Gasteiger partial charge on any atom is 0.487 e. The number of rotatable bonds is 8. The molecule has 0 saturated carbocycles. The molecule has 0 aromatic carbocycles. The summed E-state index contributed by atoms with van der Waals surface area (Å²) in [5.74, 6) is 0. The van der Waals surface area contributed by atoms with Gasteiger partial charge in [-0.05, 0) is 0 Å². The molecule has 6 unspecified atom stereocenters. The highest BCUT2D eigenvalue weighted by Crippen LogP contribution is 2.65. The van der Waals surface area contributed by atoms with E-state index in [0.717, 1.165) is 0 Å². The minimum Gasteiger partial charge on any atom is -0.756 e. The first-order chi connectivity index (χ1) is 15.3. The number of aromatic nitrogens is 5. The fraction of sp³-hybridized carbons (Fsp3) is 0.417. The molecule has 0 amide bonds. The number of hydrogen-bond acceptors (Lipinski definition) is 12. The number of nitrogens with one attached hydrogen (secondary N) is 1. The van der Waals surface area contributed by atoms with Crippen LogP contribution in [0.2, 0.25) is 0 Å². The smallest absolute Gasteiger partial charge is 0.487 e. The van der Waals surface area contributed by atoms with E-state index in [1.807, 2.05) is 0 Å². The predicted octanol–water partition coefficient (Wildman–Crippen LogP) is -2.17. The molecule has 6 atom stereocenters. The summed E-state index contributed by atoms with van der Waals surface area (Å²) in [4.78, 5) is 49.2. The van der Waals surface area contributed by atoms with Crippen LogP contribution in [0.1, 0.15) is 6.23 Å². The third kappa shape index (κ3) is 5.23. The topological polar surface area (TPSA) is 262 Å². The van der Waals surface area contributed by atoms with Crippen LogP contribution in [0.25, 0.3) is 16.8 Å². The van der Waals surface area contributed by atoms with Crippen molar-refractivity contribution in [2.75, 3.05) is 6.61 Å². The molecule has 0 bridgehead atoms. The van der Waals surface area contributed by atoms with Crippen LogP contribution in [0.3, 0.4) is 0 Å². The molecule has 33 heavy (non-hydrogen) atoms. The highest BCUT2D eigenvalue weighted by molar-refractivity contribution is 7.66. The van der Waals surface area contributed by atoms with E-state index in [1.165, 1.54) is 17.2 Å². The summed E-state index contributed by atoms with van der Waals surface area (Å²) < 4.78 is 53.6. The van der Waals surface area contributed by atoms with Gasteiger partial charge >= 0.3 is 21.3 Å². The van der Waals surface area contributed by atoms with Gasteiger partial charge in [0.2, 0.25) is 11.7 Å². The molecule has 18 nitrogen and oxygen atoms in total. The van der Waals surface area contributed by atoms with E-state index in [4.69, 9.17) is 19.4 Å². The molecular formula is C12H16N5O13P3. The molecule has 21 heteroatoms. The quantitative estimate of drug-likeness (QED) is 0.133. The number of nitrogens with zero attached hydrogens (tertiary/aromatic N) is 4. The van der Waals surface area contributed by atoms with Gasteiger partial charge in [0, 0.05) is 12.4 Å². The van der Waals surface area contributed by atoms with Gasteiger partial charge in [-0.25, -0.2) is 23.0 Å². The Kier molecular flexibility index (Phi) is 6.35. The lowest BCUT2D eigenvalue weighted by Crippen LogP contribution is -2.45. The standard InChI is InChI=1S/C12H16N5O13P3/c18-8-6(3-27-32(23,24)30-33(25,26)29-31(20,21)22)28-12(9(8)19)17-5-14-7-10-13-1-2-16(10)4-15-11(7)17/h1-2,4-6,8-9,12,18-19H,3H2,(H4,20,21,22,23,24,25,26). The Morgan fingerprint density at radius 1 is 1.18 bits per heavy atom. The Hall–Kier alpha value is -1.62. The lowest BCUT2D eigenvalue weighted by Gasteiger charge is -2.26. The zero-order valence-corrected chi connectivity index (χ0v) is 18.6. The van der Waals surface area contributed by atoms with E-state index >= 15 is 0 Å². The highest BCUT2D eigenvalue weighted by Gasteiger charge is 2.47. The van der Waals surface area contributed by atoms with Gasteiger partial charge in [-0.2, -0.15) is 4.31 Å². The third-order valence-electron chi connectivity index (χ3n) is 4.43. The summed E-state index contributed by atoms with van der Waals surface area (Å²) >= 11 is 0. The molecule has 0 spiro atoms. The monoisotopic (exact) mass is 531 g/mol. The minimum absolute atomic E-state index is 0.292. The summed E-state index contributed by atoms with van der Waals surface area (Å²) in [7, 11) is -17.0. The molecule has 182 valence electrons. The van der Waals surface area contributed by atoms with Crippen LogP contribution >= 0.6 is 23.5 Å². The van der Waals surface area contributed by atoms with Crippen LogP contribution in [0.15, 0.2) is 25.0 Å². The van der Waals surface area contributed by atoms with Crippen LogP contribution in [-0.2, 0) is 31.6 Å². The van der Waals surface area contributed by atoms with Gasteiger partial charge in [0.05, 0.1) is 6.61 Å². The fourth-order valence-electron chi connectivity index (χ4n) is 3.16. The minimum atomic E-state index is -5.76. The maximum absolute atomic E-state index is 11.7. The molecule has 4 heterocycles. The number of ether oxygens (including phenoxy) is 1. The first-order valence-corrected chi connectivity index (χ1v) is 13.2. The van der Waals surface area contributed by atoms with Gasteiger partial charge in [-0.3, -0.25) is 13.9 Å². The number of aromatic amines is 1. The maximum atomic E-state index is 11.7. The summed E-state index contributed by atoms with van der Waals surface area (Å²) in [5.41, 5.74) is 1.29. The summed E-state index contributed by atoms with van der Waals surface area (Å²) in [6.07, 6.45) is 0.0725. The summed E-state index contributed by atoms with van der Waals surface area (Å²) in [6.45, 7) is -0.994. The first-order valence-electron chi connectivity index (χ1n) is 8.74. The fourth-order valence-corrected chi connectivity index (χ4v) is 6.15. The normalized spacial score (nSPS) is 27.7. The van der Waals surface area contributed by atoms with Gasteiger partial charge < -0.3 is 39.0 Å². The van der Waals surface area contributed by atoms with E-state index in [2.05, 4.69) is 28.1 Å². The van der Waals surface area contributed by atoms with E-state index in [1.54, 1.807) is 16.8 Å². The molecule has 1 saturated heterocycles. The van der Waals surface area contributed by atoms with Crippen LogP contribution in [0, 0.1) is 0 Å².